The van der Waals surface area contributed by atoms with Crippen LogP contribution in [0, 0.1) is 22.7 Å². The summed E-state index contributed by atoms with van der Waals surface area (Å²) in [6.45, 7) is 9.83. The molecule has 0 bridgehead atoms. The molecule has 0 aromatic heterocycles. The predicted molar refractivity (Wildman–Crippen MR) is 109 cm³/mol. The van der Waals surface area contributed by atoms with Crippen molar-refractivity contribution in [1.29, 1.82) is 0 Å². The average molecular weight is 398 g/mol. The number of hydrogen-bond donors (Lipinski definition) is 2. The summed E-state index contributed by atoms with van der Waals surface area (Å²) in [4.78, 5) is 24.3. The molecular weight excluding hydrogens is 366 g/mol. The molecule has 5 heteroatoms. The Morgan fingerprint density at radius 3 is 2.72 bits per heavy atom. The number of ether oxygens (including phenoxy) is 1. The van der Waals surface area contributed by atoms with Crippen LogP contribution in [0.2, 0.25) is 0 Å². The maximum absolute atomic E-state index is 12.4. The molecule has 2 aliphatic carbocycles. The molecule has 156 valence electrons. The van der Waals surface area contributed by atoms with Crippen LogP contribution >= 0.6 is 0 Å². The fraction of sp³-hybridized carbons (Fsp3) is 0.667. The molecule has 1 spiro atoms. The minimum atomic E-state index is -1.04. The van der Waals surface area contributed by atoms with E-state index >= 15 is 0 Å². The standard InChI is InChI=1S/C24H31NO4/c1-13-6-7-17-22(2,3)8-5-9-24(17)23(13,4)11-14-10-15(21(27)28)18-16(19(14)29-24)12-25-20(18)26/h10,13,17H,5-9,11-12H2,1-4H3,(H,25,26)(H,27,28)/t13-,17+,23+,24+/m0/s1. The van der Waals surface area contributed by atoms with Gasteiger partial charge in [0.25, 0.3) is 5.91 Å². The number of carboxylic acid groups (broad SMARTS) is 1. The van der Waals surface area contributed by atoms with Crippen LogP contribution in [0.3, 0.4) is 0 Å². The molecule has 1 aromatic carbocycles. The molecule has 2 saturated carbocycles. The van der Waals surface area contributed by atoms with Crippen LogP contribution in [0.25, 0.3) is 0 Å². The third kappa shape index (κ3) is 2.27. The number of rotatable bonds is 1. The monoisotopic (exact) mass is 397 g/mol. The lowest BCUT2D eigenvalue weighted by atomic mass is 9.44. The summed E-state index contributed by atoms with van der Waals surface area (Å²) < 4.78 is 7.08. The van der Waals surface area contributed by atoms with Gasteiger partial charge in [-0.05, 0) is 61.5 Å². The molecule has 1 aromatic rings. The Morgan fingerprint density at radius 2 is 2.00 bits per heavy atom. The maximum atomic E-state index is 12.4. The first kappa shape index (κ1) is 19.0. The van der Waals surface area contributed by atoms with Crippen LogP contribution in [-0.4, -0.2) is 22.6 Å². The van der Waals surface area contributed by atoms with E-state index in [1.165, 1.54) is 19.3 Å². The third-order valence-corrected chi connectivity index (χ3v) is 9.00. The van der Waals surface area contributed by atoms with Gasteiger partial charge in [-0.15, -0.1) is 0 Å². The molecule has 2 aliphatic heterocycles. The summed E-state index contributed by atoms with van der Waals surface area (Å²) in [6, 6.07) is 1.71. The predicted octanol–water partition coefficient (Wildman–Crippen LogP) is 4.56. The van der Waals surface area contributed by atoms with Gasteiger partial charge < -0.3 is 15.2 Å². The fourth-order valence-electron chi connectivity index (χ4n) is 7.28. The van der Waals surface area contributed by atoms with Gasteiger partial charge in [0.1, 0.15) is 11.4 Å². The first-order chi connectivity index (χ1) is 13.6. The molecule has 4 atom stereocenters. The van der Waals surface area contributed by atoms with Crippen molar-refractivity contribution in [1.82, 2.24) is 5.32 Å². The van der Waals surface area contributed by atoms with Crippen molar-refractivity contribution < 1.29 is 19.4 Å². The Bertz CT molecular complexity index is 935. The minimum absolute atomic E-state index is 0.0410. The molecule has 5 rings (SSSR count). The lowest BCUT2D eigenvalue weighted by molar-refractivity contribution is -0.210. The molecular formula is C24H31NO4. The zero-order valence-corrected chi connectivity index (χ0v) is 17.9. The molecule has 5 nitrogen and oxygen atoms in total. The summed E-state index contributed by atoms with van der Waals surface area (Å²) in [5.41, 5.74) is 2.05. The van der Waals surface area contributed by atoms with Gasteiger partial charge >= 0.3 is 5.97 Å². The quantitative estimate of drug-likeness (QED) is 0.728. The molecule has 29 heavy (non-hydrogen) atoms. The molecule has 2 fully saturated rings. The Kier molecular flexibility index (Phi) is 3.77. The van der Waals surface area contributed by atoms with E-state index in [-0.39, 0.29) is 27.9 Å². The van der Waals surface area contributed by atoms with E-state index in [0.29, 0.717) is 23.9 Å². The number of carbonyl (C=O) groups is 2. The summed E-state index contributed by atoms with van der Waals surface area (Å²) in [5, 5.41) is 12.6. The van der Waals surface area contributed by atoms with Crippen molar-refractivity contribution in [2.45, 2.75) is 78.4 Å². The topological polar surface area (TPSA) is 75.6 Å². The summed E-state index contributed by atoms with van der Waals surface area (Å²) in [7, 11) is 0. The lowest BCUT2D eigenvalue weighted by Crippen LogP contribution is -2.68. The first-order valence-corrected chi connectivity index (χ1v) is 11.0. The zero-order chi connectivity index (χ0) is 20.8. The lowest BCUT2D eigenvalue weighted by Gasteiger charge is -2.66. The number of hydrogen-bond acceptors (Lipinski definition) is 3. The zero-order valence-electron chi connectivity index (χ0n) is 17.9. The van der Waals surface area contributed by atoms with Gasteiger partial charge in [-0.1, -0.05) is 27.7 Å². The highest BCUT2D eigenvalue weighted by molar-refractivity contribution is 6.08. The van der Waals surface area contributed by atoms with Crippen LogP contribution in [0.1, 0.15) is 91.6 Å². The van der Waals surface area contributed by atoms with E-state index in [2.05, 4.69) is 33.0 Å². The number of carboxylic acids is 1. The normalized spacial score (nSPS) is 36.8. The van der Waals surface area contributed by atoms with Crippen molar-refractivity contribution in [2.24, 2.45) is 22.7 Å². The highest BCUT2D eigenvalue weighted by Gasteiger charge is 2.66. The number of benzene rings is 1. The Hall–Kier alpha value is -2.04. The summed E-state index contributed by atoms with van der Waals surface area (Å²) in [5.74, 6) is 0.421. The number of carbonyl (C=O) groups excluding carboxylic acids is 1. The molecule has 1 amide bonds. The molecule has 4 aliphatic rings. The SMILES string of the molecule is C[C@H]1CC[C@@H]2C(C)(C)CCC[C@@]23Oc2c(cc(C(=O)O)c4c2CNC4=O)C[C@]13C. The van der Waals surface area contributed by atoms with Crippen molar-refractivity contribution in [3.8, 4) is 5.75 Å². The van der Waals surface area contributed by atoms with Crippen LogP contribution in [0.5, 0.6) is 5.75 Å². The molecule has 0 unspecified atom stereocenters. The van der Waals surface area contributed by atoms with Crippen LogP contribution in [-0.2, 0) is 13.0 Å². The third-order valence-electron chi connectivity index (χ3n) is 9.00. The number of nitrogens with one attached hydrogen (secondary N) is 1. The van der Waals surface area contributed by atoms with E-state index in [9.17, 15) is 14.7 Å². The number of aromatic carboxylic acids is 1. The number of amides is 1. The van der Waals surface area contributed by atoms with Gasteiger partial charge in [-0.3, -0.25) is 4.79 Å². The second kappa shape index (κ2) is 5.77. The van der Waals surface area contributed by atoms with Gasteiger partial charge in [0, 0.05) is 23.4 Å². The largest absolute Gasteiger partial charge is 0.486 e. The second-order valence-corrected chi connectivity index (χ2v) is 10.7. The summed E-state index contributed by atoms with van der Waals surface area (Å²) in [6.07, 6.45) is 6.58. The molecule has 2 N–H and O–H groups in total. The molecule has 0 radical (unpaired) electrons. The van der Waals surface area contributed by atoms with Gasteiger partial charge in [0.05, 0.1) is 11.1 Å². The van der Waals surface area contributed by atoms with Gasteiger partial charge in [-0.25, -0.2) is 4.79 Å². The Morgan fingerprint density at radius 1 is 1.24 bits per heavy atom. The van der Waals surface area contributed by atoms with E-state index in [4.69, 9.17) is 4.74 Å². The van der Waals surface area contributed by atoms with Crippen molar-refractivity contribution in [3.63, 3.8) is 0 Å². The average Bonchev–Trinajstić information content (AvgIpc) is 3.02. The highest BCUT2D eigenvalue weighted by Crippen LogP contribution is 2.66. The van der Waals surface area contributed by atoms with E-state index < -0.39 is 5.97 Å². The highest BCUT2D eigenvalue weighted by atomic mass is 16.5. The van der Waals surface area contributed by atoms with Crippen molar-refractivity contribution in [2.75, 3.05) is 0 Å². The van der Waals surface area contributed by atoms with E-state index in [1.54, 1.807) is 6.07 Å². The smallest absolute Gasteiger partial charge is 0.336 e. The summed E-state index contributed by atoms with van der Waals surface area (Å²) >= 11 is 0. The Labute approximate surface area is 172 Å². The first-order valence-electron chi connectivity index (χ1n) is 11.0. The van der Waals surface area contributed by atoms with Gasteiger partial charge in [0.15, 0.2) is 0 Å². The van der Waals surface area contributed by atoms with Crippen molar-refractivity contribution in [3.05, 3.63) is 28.3 Å². The van der Waals surface area contributed by atoms with Gasteiger partial charge in [0.2, 0.25) is 0 Å². The Balaban J connectivity index is 1.74. The minimum Gasteiger partial charge on any atom is -0.486 e. The van der Waals surface area contributed by atoms with Crippen molar-refractivity contribution >= 4 is 11.9 Å². The maximum Gasteiger partial charge on any atom is 0.336 e. The van der Waals surface area contributed by atoms with E-state index in [1.807, 2.05) is 0 Å². The number of fused-ring (bicyclic) bond motifs is 3. The van der Waals surface area contributed by atoms with Crippen LogP contribution in [0.4, 0.5) is 0 Å². The molecule has 0 saturated heterocycles. The van der Waals surface area contributed by atoms with Crippen LogP contribution in [0.15, 0.2) is 6.07 Å². The fourth-order valence-corrected chi connectivity index (χ4v) is 7.28. The van der Waals surface area contributed by atoms with E-state index in [0.717, 1.165) is 36.1 Å². The molecule has 2 heterocycles. The second-order valence-electron chi connectivity index (χ2n) is 10.7. The van der Waals surface area contributed by atoms with Gasteiger partial charge in [-0.2, -0.15) is 0 Å². The van der Waals surface area contributed by atoms with Crippen LogP contribution < -0.4 is 10.1 Å².